The molecule has 0 atom stereocenters. The van der Waals surface area contributed by atoms with Gasteiger partial charge in [-0.25, -0.2) is 4.98 Å². The van der Waals surface area contributed by atoms with Crippen molar-refractivity contribution in [3.05, 3.63) is 18.0 Å². The molecule has 1 aliphatic rings. The van der Waals surface area contributed by atoms with Crippen LogP contribution in [-0.2, 0) is 6.42 Å². The van der Waals surface area contributed by atoms with E-state index in [4.69, 9.17) is 9.47 Å². The van der Waals surface area contributed by atoms with Gasteiger partial charge in [-0.1, -0.05) is 13.3 Å². The van der Waals surface area contributed by atoms with Crippen LogP contribution in [0.5, 0.6) is 11.5 Å². The van der Waals surface area contributed by atoms with Crippen LogP contribution in [0.3, 0.4) is 0 Å². The van der Waals surface area contributed by atoms with E-state index in [-0.39, 0.29) is 0 Å². The van der Waals surface area contributed by atoms with Crippen LogP contribution in [-0.4, -0.2) is 36.3 Å². The molecule has 1 aromatic carbocycles. The van der Waals surface area contributed by atoms with Gasteiger partial charge in [0, 0.05) is 25.1 Å². The fourth-order valence-corrected chi connectivity index (χ4v) is 2.35. The van der Waals surface area contributed by atoms with E-state index in [0.29, 0.717) is 13.2 Å². The van der Waals surface area contributed by atoms with Crippen molar-refractivity contribution in [3.63, 3.8) is 0 Å². The van der Waals surface area contributed by atoms with Gasteiger partial charge in [0.1, 0.15) is 19.0 Å². The minimum absolute atomic E-state index is 0.608. The van der Waals surface area contributed by atoms with Crippen LogP contribution in [0.4, 0.5) is 0 Å². The first-order valence-electron chi connectivity index (χ1n) is 7.36. The van der Waals surface area contributed by atoms with Crippen molar-refractivity contribution in [2.75, 3.05) is 26.3 Å². The number of imidazole rings is 1. The second-order valence-corrected chi connectivity index (χ2v) is 5.05. The molecular formula is C15H21N3O2. The Balaban J connectivity index is 1.67. The molecule has 2 N–H and O–H groups in total. The van der Waals surface area contributed by atoms with E-state index in [9.17, 15) is 0 Å². The van der Waals surface area contributed by atoms with Gasteiger partial charge in [-0.05, 0) is 13.0 Å². The van der Waals surface area contributed by atoms with E-state index in [0.717, 1.165) is 47.9 Å². The lowest BCUT2D eigenvalue weighted by Gasteiger charge is -2.17. The average molecular weight is 275 g/mol. The van der Waals surface area contributed by atoms with Gasteiger partial charge in [0.2, 0.25) is 0 Å². The number of rotatable bonds is 6. The highest BCUT2D eigenvalue weighted by molar-refractivity contribution is 5.79. The summed E-state index contributed by atoms with van der Waals surface area (Å²) in [6.07, 6.45) is 3.36. The lowest BCUT2D eigenvalue weighted by atomic mass is 10.2. The Bertz CT molecular complexity index is 537. The van der Waals surface area contributed by atoms with Crippen LogP contribution in [0.2, 0.25) is 0 Å². The van der Waals surface area contributed by atoms with E-state index >= 15 is 0 Å². The number of hydrogen-bond acceptors (Lipinski definition) is 4. The molecule has 0 radical (unpaired) electrons. The molecule has 3 rings (SSSR count). The molecule has 0 fully saturated rings. The number of aromatic amines is 1. The topological polar surface area (TPSA) is 59.2 Å². The van der Waals surface area contributed by atoms with Crippen molar-refractivity contribution >= 4 is 11.0 Å². The summed E-state index contributed by atoms with van der Waals surface area (Å²) < 4.78 is 11.2. The predicted molar refractivity (Wildman–Crippen MR) is 78.6 cm³/mol. The van der Waals surface area contributed by atoms with Crippen molar-refractivity contribution in [1.82, 2.24) is 15.3 Å². The Morgan fingerprint density at radius 2 is 2.00 bits per heavy atom. The number of unbranched alkanes of at least 4 members (excludes halogenated alkanes) is 1. The fraction of sp³-hybridized carbons (Fsp3) is 0.533. The number of ether oxygens (including phenoxy) is 2. The maximum absolute atomic E-state index is 5.58. The van der Waals surface area contributed by atoms with E-state index < -0.39 is 0 Å². The molecule has 0 unspecified atom stereocenters. The zero-order valence-corrected chi connectivity index (χ0v) is 11.9. The number of benzene rings is 1. The maximum atomic E-state index is 5.58. The molecule has 5 heteroatoms. The van der Waals surface area contributed by atoms with Crippen LogP contribution in [0.15, 0.2) is 12.1 Å². The van der Waals surface area contributed by atoms with E-state index in [1.165, 1.54) is 12.8 Å². The second kappa shape index (κ2) is 6.13. The summed E-state index contributed by atoms with van der Waals surface area (Å²) >= 11 is 0. The molecule has 2 heterocycles. The summed E-state index contributed by atoms with van der Waals surface area (Å²) in [6, 6.07) is 3.93. The standard InChI is InChI=1S/C15H21N3O2/c1-2-3-5-16-6-4-15-17-11-9-13-14(10-12(11)18-15)20-8-7-19-13/h9-10,16H,2-8H2,1H3,(H,17,18). The molecule has 5 nitrogen and oxygen atoms in total. The molecular weight excluding hydrogens is 254 g/mol. The minimum Gasteiger partial charge on any atom is -0.486 e. The third-order valence-electron chi connectivity index (χ3n) is 3.44. The van der Waals surface area contributed by atoms with Crippen LogP contribution >= 0.6 is 0 Å². The molecule has 0 aliphatic carbocycles. The quantitative estimate of drug-likeness (QED) is 0.794. The zero-order valence-electron chi connectivity index (χ0n) is 11.9. The first-order chi connectivity index (χ1) is 9.86. The molecule has 1 aliphatic heterocycles. The van der Waals surface area contributed by atoms with Crippen LogP contribution in [0, 0.1) is 0 Å². The molecule has 0 amide bonds. The molecule has 20 heavy (non-hydrogen) atoms. The van der Waals surface area contributed by atoms with Crippen molar-refractivity contribution in [3.8, 4) is 11.5 Å². The Morgan fingerprint density at radius 3 is 2.80 bits per heavy atom. The lowest BCUT2D eigenvalue weighted by Crippen LogP contribution is -2.18. The molecule has 0 bridgehead atoms. The summed E-state index contributed by atoms with van der Waals surface area (Å²) in [5, 5.41) is 3.42. The third-order valence-corrected chi connectivity index (χ3v) is 3.44. The largest absolute Gasteiger partial charge is 0.486 e. The van der Waals surface area contributed by atoms with Gasteiger partial charge < -0.3 is 19.8 Å². The van der Waals surface area contributed by atoms with Gasteiger partial charge >= 0.3 is 0 Å². The Kier molecular flexibility index (Phi) is 4.06. The highest BCUT2D eigenvalue weighted by atomic mass is 16.6. The van der Waals surface area contributed by atoms with Gasteiger partial charge in [-0.2, -0.15) is 0 Å². The van der Waals surface area contributed by atoms with Gasteiger partial charge in [-0.3, -0.25) is 0 Å². The first-order valence-corrected chi connectivity index (χ1v) is 7.36. The van der Waals surface area contributed by atoms with Crippen molar-refractivity contribution < 1.29 is 9.47 Å². The van der Waals surface area contributed by atoms with Gasteiger partial charge in [-0.15, -0.1) is 0 Å². The van der Waals surface area contributed by atoms with Crippen LogP contribution in [0.25, 0.3) is 11.0 Å². The normalized spacial score (nSPS) is 13.8. The van der Waals surface area contributed by atoms with Crippen molar-refractivity contribution in [1.29, 1.82) is 0 Å². The predicted octanol–water partition coefficient (Wildman–Crippen LogP) is 2.27. The third kappa shape index (κ3) is 2.88. The number of aromatic nitrogens is 2. The minimum atomic E-state index is 0.608. The fourth-order valence-electron chi connectivity index (χ4n) is 2.35. The molecule has 2 aromatic rings. The number of nitrogens with zero attached hydrogens (tertiary/aromatic N) is 1. The summed E-state index contributed by atoms with van der Waals surface area (Å²) in [4.78, 5) is 7.96. The highest BCUT2D eigenvalue weighted by Gasteiger charge is 2.14. The highest BCUT2D eigenvalue weighted by Crippen LogP contribution is 2.33. The summed E-state index contributed by atoms with van der Waals surface area (Å²) in [5.74, 6) is 2.61. The molecule has 0 spiro atoms. The Hall–Kier alpha value is -1.75. The van der Waals surface area contributed by atoms with Crippen molar-refractivity contribution in [2.45, 2.75) is 26.2 Å². The Morgan fingerprint density at radius 1 is 1.20 bits per heavy atom. The molecule has 1 aromatic heterocycles. The van der Waals surface area contributed by atoms with Gasteiger partial charge in [0.15, 0.2) is 11.5 Å². The summed E-state index contributed by atoms with van der Waals surface area (Å²) in [5.41, 5.74) is 1.95. The van der Waals surface area contributed by atoms with Gasteiger partial charge in [0.05, 0.1) is 11.0 Å². The average Bonchev–Trinajstić information content (AvgIpc) is 2.86. The summed E-state index contributed by atoms with van der Waals surface area (Å²) in [6.45, 7) is 5.45. The SMILES string of the molecule is CCCCNCCc1nc2cc3c(cc2[nH]1)OCCO3. The number of nitrogens with one attached hydrogen (secondary N) is 2. The number of hydrogen-bond donors (Lipinski definition) is 2. The van der Waals surface area contributed by atoms with E-state index in [1.807, 2.05) is 12.1 Å². The van der Waals surface area contributed by atoms with Crippen LogP contribution in [0.1, 0.15) is 25.6 Å². The molecule has 0 saturated heterocycles. The van der Waals surface area contributed by atoms with Gasteiger partial charge in [0.25, 0.3) is 0 Å². The number of fused-ring (bicyclic) bond motifs is 2. The zero-order chi connectivity index (χ0) is 13.8. The molecule has 0 saturated carbocycles. The summed E-state index contributed by atoms with van der Waals surface area (Å²) in [7, 11) is 0. The van der Waals surface area contributed by atoms with E-state index in [1.54, 1.807) is 0 Å². The smallest absolute Gasteiger partial charge is 0.163 e. The first kappa shape index (κ1) is 13.2. The van der Waals surface area contributed by atoms with Crippen LogP contribution < -0.4 is 14.8 Å². The maximum Gasteiger partial charge on any atom is 0.163 e. The number of H-pyrrole nitrogens is 1. The Labute approximate surface area is 118 Å². The van der Waals surface area contributed by atoms with E-state index in [2.05, 4.69) is 22.2 Å². The van der Waals surface area contributed by atoms with Crippen molar-refractivity contribution in [2.24, 2.45) is 0 Å². The lowest BCUT2D eigenvalue weighted by molar-refractivity contribution is 0.172. The monoisotopic (exact) mass is 275 g/mol. The molecule has 108 valence electrons. The second-order valence-electron chi connectivity index (χ2n) is 5.05.